The van der Waals surface area contributed by atoms with Crippen LogP contribution >= 0.6 is 23.2 Å². The number of halogens is 2. The van der Waals surface area contributed by atoms with E-state index in [1.165, 1.54) is 30.3 Å². The molecule has 3 amide bonds. The summed E-state index contributed by atoms with van der Waals surface area (Å²) in [4.78, 5) is 38.6. The molecule has 2 aromatic carbocycles. The number of benzene rings is 2. The maximum atomic E-state index is 12.3. The van der Waals surface area contributed by atoms with Crippen molar-refractivity contribution in [1.29, 1.82) is 0 Å². The molecule has 2 rings (SSSR count). The van der Waals surface area contributed by atoms with Gasteiger partial charge in [0.15, 0.2) is 5.75 Å². The van der Waals surface area contributed by atoms with Crippen LogP contribution in [0.5, 0.6) is 11.5 Å². The van der Waals surface area contributed by atoms with Crippen molar-refractivity contribution in [2.45, 2.75) is 6.42 Å². The van der Waals surface area contributed by atoms with Gasteiger partial charge in [-0.1, -0.05) is 23.2 Å². The van der Waals surface area contributed by atoms with Crippen LogP contribution in [0, 0.1) is 0 Å². The van der Waals surface area contributed by atoms with Gasteiger partial charge in [0.25, 0.3) is 5.91 Å². The smallest absolute Gasteiger partial charge is 0.314 e. The molecule has 0 aromatic heterocycles. The van der Waals surface area contributed by atoms with Crippen LogP contribution in [-0.4, -0.2) is 60.0 Å². The van der Waals surface area contributed by atoms with Crippen molar-refractivity contribution >= 4 is 52.3 Å². The number of rotatable bonds is 7. The van der Waals surface area contributed by atoms with Crippen molar-refractivity contribution in [2.24, 2.45) is 0 Å². The molecule has 0 unspecified atom stereocenters. The molecule has 5 N–H and O–H groups in total. The Bertz CT molecular complexity index is 998. The summed E-state index contributed by atoms with van der Waals surface area (Å²) < 4.78 is 0. The first kappa shape index (κ1) is 24.3. The number of phenols is 2. The second kappa shape index (κ2) is 10.9. The molecule has 0 heterocycles. The number of nitrogens with one attached hydrogen (secondary N) is 3. The van der Waals surface area contributed by atoms with Gasteiger partial charge in [0.1, 0.15) is 5.75 Å². The van der Waals surface area contributed by atoms with Crippen LogP contribution in [-0.2, 0) is 9.59 Å². The number of anilines is 2. The lowest BCUT2D eigenvalue weighted by Gasteiger charge is -2.12. The minimum absolute atomic E-state index is 0.106. The van der Waals surface area contributed by atoms with Crippen LogP contribution in [0.1, 0.15) is 16.8 Å². The van der Waals surface area contributed by atoms with Gasteiger partial charge >= 0.3 is 11.8 Å². The van der Waals surface area contributed by atoms with E-state index in [0.717, 1.165) is 13.0 Å². The third-order valence-corrected chi connectivity index (χ3v) is 4.56. The number of aromatic hydroxyl groups is 2. The van der Waals surface area contributed by atoms with Crippen molar-refractivity contribution < 1.29 is 24.6 Å². The summed E-state index contributed by atoms with van der Waals surface area (Å²) in [5.41, 5.74) is -0.0974. The van der Waals surface area contributed by atoms with Gasteiger partial charge in [-0.25, -0.2) is 0 Å². The van der Waals surface area contributed by atoms with Gasteiger partial charge in [-0.3, -0.25) is 14.4 Å². The maximum absolute atomic E-state index is 12.3. The molecular weight excluding hydrogens is 447 g/mol. The van der Waals surface area contributed by atoms with Crippen molar-refractivity contribution in [2.75, 3.05) is 37.8 Å². The Morgan fingerprint density at radius 2 is 1.61 bits per heavy atom. The quantitative estimate of drug-likeness (QED) is 0.241. The molecule has 0 saturated heterocycles. The summed E-state index contributed by atoms with van der Waals surface area (Å²) in [5, 5.41) is 27.0. The number of carbonyl (C=O) groups excluding carboxylic acids is 3. The third-order valence-electron chi connectivity index (χ3n) is 4.06. The van der Waals surface area contributed by atoms with E-state index in [-0.39, 0.29) is 32.7 Å². The minimum Gasteiger partial charge on any atom is -0.506 e. The fourth-order valence-corrected chi connectivity index (χ4v) is 2.99. The van der Waals surface area contributed by atoms with E-state index in [0.29, 0.717) is 6.54 Å². The molecule has 0 fully saturated rings. The normalized spacial score (nSPS) is 10.6. The summed E-state index contributed by atoms with van der Waals surface area (Å²) in [6, 6.07) is 6.34. The Balaban J connectivity index is 2.05. The highest BCUT2D eigenvalue weighted by Gasteiger charge is 2.19. The highest BCUT2D eigenvalue weighted by Crippen LogP contribution is 2.35. The highest BCUT2D eigenvalue weighted by molar-refractivity contribution is 6.44. The van der Waals surface area contributed by atoms with Gasteiger partial charge in [0, 0.05) is 17.1 Å². The monoisotopic (exact) mass is 468 g/mol. The van der Waals surface area contributed by atoms with E-state index in [9.17, 15) is 24.6 Å². The van der Waals surface area contributed by atoms with E-state index in [1.807, 2.05) is 19.0 Å². The molecule has 0 saturated carbocycles. The van der Waals surface area contributed by atoms with Crippen molar-refractivity contribution in [3.63, 3.8) is 0 Å². The lowest BCUT2D eigenvalue weighted by atomic mass is 10.1. The zero-order chi connectivity index (χ0) is 23.1. The zero-order valence-corrected chi connectivity index (χ0v) is 18.3. The van der Waals surface area contributed by atoms with Crippen LogP contribution in [0.4, 0.5) is 11.4 Å². The Hall–Kier alpha value is -3.01. The zero-order valence-electron chi connectivity index (χ0n) is 16.8. The lowest BCUT2D eigenvalue weighted by molar-refractivity contribution is -0.133. The third kappa shape index (κ3) is 7.02. The SMILES string of the molecule is CN(C)CCCNC(=O)c1ccc(O)c(NC(=O)C(=O)Nc2cc(Cl)cc(Cl)c2O)c1. The number of phenolic OH excluding ortho intramolecular Hbond substituents is 2. The van der Waals surface area contributed by atoms with Crippen LogP contribution in [0.2, 0.25) is 10.0 Å². The first-order valence-corrected chi connectivity index (χ1v) is 9.90. The first-order chi connectivity index (χ1) is 14.6. The molecule has 2 aromatic rings. The number of hydrogen-bond acceptors (Lipinski definition) is 6. The van der Waals surface area contributed by atoms with Gasteiger partial charge < -0.3 is 31.1 Å². The lowest BCUT2D eigenvalue weighted by Crippen LogP contribution is -2.29. The van der Waals surface area contributed by atoms with Gasteiger partial charge in [-0.05, 0) is 57.4 Å². The van der Waals surface area contributed by atoms with Crippen molar-refractivity contribution in [3.05, 3.63) is 45.9 Å². The predicted molar refractivity (Wildman–Crippen MR) is 119 cm³/mol. The molecule has 0 aliphatic rings. The standard InChI is InChI=1S/C20H22Cl2N4O5/c1-26(2)7-3-6-23-18(29)11-4-5-16(27)14(8-11)24-19(30)20(31)25-15-10-12(21)9-13(22)17(15)28/h4-5,8-10,27-28H,3,6-7H2,1-2H3,(H,23,29)(H,24,30)(H,25,31). The molecule has 9 nitrogen and oxygen atoms in total. The molecule has 0 aliphatic carbocycles. The maximum Gasteiger partial charge on any atom is 0.314 e. The van der Waals surface area contributed by atoms with Gasteiger partial charge in [-0.15, -0.1) is 0 Å². The number of hydrogen-bond donors (Lipinski definition) is 5. The number of carbonyl (C=O) groups is 3. The Kier molecular flexibility index (Phi) is 8.49. The van der Waals surface area contributed by atoms with Gasteiger partial charge in [0.2, 0.25) is 0 Å². The summed E-state index contributed by atoms with van der Waals surface area (Å²) >= 11 is 11.6. The Morgan fingerprint density at radius 3 is 2.26 bits per heavy atom. The highest BCUT2D eigenvalue weighted by atomic mass is 35.5. The summed E-state index contributed by atoms with van der Waals surface area (Å²) in [6.07, 6.45) is 0.751. The molecular formula is C20H22Cl2N4O5. The second-order valence-corrected chi connectivity index (χ2v) is 7.68. The molecule has 0 spiro atoms. The van der Waals surface area contributed by atoms with Crippen molar-refractivity contribution in [1.82, 2.24) is 10.2 Å². The Labute approximate surface area is 188 Å². The fourth-order valence-electron chi connectivity index (χ4n) is 2.50. The van der Waals surface area contributed by atoms with Gasteiger partial charge in [0.05, 0.1) is 16.4 Å². The summed E-state index contributed by atoms with van der Waals surface area (Å²) in [5.74, 6) is -3.47. The van der Waals surface area contributed by atoms with Gasteiger partial charge in [-0.2, -0.15) is 0 Å². The predicted octanol–water partition coefficient (Wildman–Crippen LogP) is 2.66. The first-order valence-electron chi connectivity index (χ1n) is 9.14. The van der Waals surface area contributed by atoms with E-state index in [2.05, 4.69) is 16.0 Å². The molecule has 0 bridgehead atoms. The topological polar surface area (TPSA) is 131 Å². The summed E-state index contributed by atoms with van der Waals surface area (Å²) in [6.45, 7) is 1.26. The van der Waals surface area contributed by atoms with E-state index < -0.39 is 23.5 Å². The van der Waals surface area contributed by atoms with E-state index >= 15 is 0 Å². The molecule has 0 radical (unpaired) electrons. The van der Waals surface area contributed by atoms with Crippen LogP contribution in [0.25, 0.3) is 0 Å². The minimum atomic E-state index is -1.15. The van der Waals surface area contributed by atoms with E-state index in [4.69, 9.17) is 23.2 Å². The van der Waals surface area contributed by atoms with Crippen LogP contribution < -0.4 is 16.0 Å². The van der Waals surface area contributed by atoms with Crippen molar-refractivity contribution in [3.8, 4) is 11.5 Å². The van der Waals surface area contributed by atoms with Crippen LogP contribution in [0.3, 0.4) is 0 Å². The second-order valence-electron chi connectivity index (χ2n) is 6.84. The molecule has 0 aliphatic heterocycles. The average molecular weight is 469 g/mol. The van der Waals surface area contributed by atoms with E-state index in [1.54, 1.807) is 0 Å². The van der Waals surface area contributed by atoms with Crippen LogP contribution in [0.15, 0.2) is 30.3 Å². The summed E-state index contributed by atoms with van der Waals surface area (Å²) in [7, 11) is 3.85. The largest absolute Gasteiger partial charge is 0.506 e. The molecule has 0 atom stereocenters. The molecule has 11 heteroatoms. The average Bonchev–Trinajstić information content (AvgIpc) is 2.70. The molecule has 166 valence electrons. The number of nitrogens with zero attached hydrogens (tertiary/aromatic N) is 1. The Morgan fingerprint density at radius 1 is 0.968 bits per heavy atom. The molecule has 31 heavy (non-hydrogen) atoms. The number of amides is 3. The fraction of sp³-hybridized carbons (Fsp3) is 0.250.